The molecule has 0 saturated carbocycles. The number of anilines is 1. The molecule has 8 heteroatoms. The first-order valence-corrected chi connectivity index (χ1v) is 10.7. The Morgan fingerprint density at radius 3 is 2.70 bits per heavy atom. The molecule has 0 bridgehead atoms. The van der Waals surface area contributed by atoms with Crippen molar-refractivity contribution in [2.24, 2.45) is 5.10 Å². The zero-order chi connectivity index (χ0) is 21.9. The summed E-state index contributed by atoms with van der Waals surface area (Å²) in [6.07, 6.45) is 2.73. The van der Waals surface area contributed by atoms with Gasteiger partial charge >= 0.3 is 0 Å². The van der Waals surface area contributed by atoms with Crippen LogP contribution in [-0.4, -0.2) is 35.4 Å². The van der Waals surface area contributed by atoms with Gasteiger partial charge in [-0.2, -0.15) is 5.10 Å². The Bertz CT molecular complexity index is 973. The van der Waals surface area contributed by atoms with Crippen LogP contribution in [-0.2, 0) is 4.79 Å². The largest absolute Gasteiger partial charge is 0.369 e. The predicted octanol–water partition coefficient (Wildman–Crippen LogP) is 4.56. The normalized spacial score (nSPS) is 17.6. The number of nitro benzene ring substituents is 1. The van der Waals surface area contributed by atoms with Crippen LogP contribution < -0.4 is 10.3 Å². The zero-order valence-electron chi connectivity index (χ0n) is 17.6. The Hall–Kier alpha value is -2.87. The number of nitro groups is 1. The lowest BCUT2D eigenvalue weighted by Crippen LogP contribution is -2.45. The van der Waals surface area contributed by atoms with Crippen molar-refractivity contribution in [1.29, 1.82) is 0 Å². The van der Waals surface area contributed by atoms with Gasteiger partial charge in [0.1, 0.15) is 0 Å². The lowest BCUT2D eigenvalue weighted by atomic mass is 9.80. The van der Waals surface area contributed by atoms with E-state index < -0.39 is 4.92 Å². The number of hydrogen-bond acceptors (Lipinski definition) is 6. The standard InChI is InChI=1S/C22H26N4O3S/c1-15-12-22(2,3)25(4)20-10-5-16(11-19(15)20)13-23-24-21(27)14-30-18-8-6-17(7-9-18)26(28)29/h5-11,13,15H,12,14H2,1-4H3,(H,24,27)/b23-13-/t15-/m1/s1. The minimum Gasteiger partial charge on any atom is -0.369 e. The highest BCUT2D eigenvalue weighted by molar-refractivity contribution is 8.00. The number of non-ortho nitro benzene ring substituents is 1. The van der Waals surface area contributed by atoms with Crippen molar-refractivity contribution in [3.05, 3.63) is 63.7 Å². The van der Waals surface area contributed by atoms with Gasteiger partial charge in [-0.15, -0.1) is 11.8 Å². The van der Waals surface area contributed by atoms with Crippen molar-refractivity contribution in [1.82, 2.24) is 5.43 Å². The van der Waals surface area contributed by atoms with E-state index in [-0.39, 0.29) is 22.9 Å². The lowest BCUT2D eigenvalue weighted by molar-refractivity contribution is -0.384. The van der Waals surface area contributed by atoms with E-state index >= 15 is 0 Å². The Labute approximate surface area is 180 Å². The van der Waals surface area contributed by atoms with Gasteiger partial charge in [-0.25, -0.2) is 5.43 Å². The molecule has 0 unspecified atom stereocenters. The zero-order valence-corrected chi connectivity index (χ0v) is 18.4. The van der Waals surface area contributed by atoms with Gasteiger partial charge in [-0.1, -0.05) is 13.0 Å². The molecular formula is C22H26N4O3S. The smallest absolute Gasteiger partial charge is 0.269 e. The van der Waals surface area contributed by atoms with Gasteiger partial charge in [0, 0.05) is 35.3 Å². The van der Waals surface area contributed by atoms with E-state index in [0.29, 0.717) is 5.92 Å². The molecule has 3 rings (SSSR count). The number of nitrogens with one attached hydrogen (secondary N) is 1. The van der Waals surface area contributed by atoms with Crippen LogP contribution in [0.15, 0.2) is 52.5 Å². The fourth-order valence-corrected chi connectivity index (χ4v) is 4.39. The topological polar surface area (TPSA) is 87.8 Å². The van der Waals surface area contributed by atoms with E-state index in [9.17, 15) is 14.9 Å². The van der Waals surface area contributed by atoms with Crippen molar-refractivity contribution in [3.63, 3.8) is 0 Å². The van der Waals surface area contributed by atoms with Crippen LogP contribution in [0, 0.1) is 10.1 Å². The van der Waals surface area contributed by atoms with Gasteiger partial charge in [0.25, 0.3) is 5.69 Å². The quantitative estimate of drug-likeness (QED) is 0.317. The van der Waals surface area contributed by atoms with Gasteiger partial charge < -0.3 is 4.90 Å². The number of hydrogen-bond donors (Lipinski definition) is 1. The van der Waals surface area contributed by atoms with Crippen molar-refractivity contribution in [3.8, 4) is 0 Å². The van der Waals surface area contributed by atoms with Crippen molar-refractivity contribution < 1.29 is 9.72 Å². The molecule has 1 aliphatic rings. The van der Waals surface area contributed by atoms with Gasteiger partial charge in [-0.05, 0) is 61.6 Å². The summed E-state index contributed by atoms with van der Waals surface area (Å²) in [6, 6.07) is 12.4. The third kappa shape index (κ3) is 4.99. The third-order valence-electron chi connectivity index (χ3n) is 5.48. The van der Waals surface area contributed by atoms with Crippen molar-refractivity contribution in [2.75, 3.05) is 17.7 Å². The maximum atomic E-state index is 12.0. The number of nitrogens with zero attached hydrogens (tertiary/aromatic N) is 3. The Kier molecular flexibility index (Phi) is 6.45. The lowest BCUT2D eigenvalue weighted by Gasteiger charge is -2.45. The Balaban J connectivity index is 1.56. The molecule has 0 aromatic heterocycles. The first-order valence-electron chi connectivity index (χ1n) is 9.74. The molecule has 0 spiro atoms. The average Bonchev–Trinajstić information content (AvgIpc) is 2.70. The monoisotopic (exact) mass is 426 g/mol. The molecule has 1 heterocycles. The first kappa shape index (κ1) is 21.8. The molecule has 1 atom stereocenters. The number of carbonyl (C=O) groups excluding carboxylic acids is 1. The van der Waals surface area contributed by atoms with E-state index in [4.69, 9.17) is 0 Å². The minimum atomic E-state index is -0.448. The Morgan fingerprint density at radius 2 is 2.03 bits per heavy atom. The second-order valence-electron chi connectivity index (χ2n) is 8.13. The number of thioether (sulfide) groups is 1. The van der Waals surface area contributed by atoms with E-state index in [2.05, 4.69) is 55.4 Å². The molecule has 2 aromatic rings. The van der Waals surface area contributed by atoms with Crippen LogP contribution in [0.1, 0.15) is 44.2 Å². The van der Waals surface area contributed by atoms with Crippen LogP contribution in [0.4, 0.5) is 11.4 Å². The Morgan fingerprint density at radius 1 is 1.33 bits per heavy atom. The van der Waals surface area contributed by atoms with Crippen molar-refractivity contribution >= 4 is 35.3 Å². The second kappa shape index (κ2) is 8.87. The fourth-order valence-electron chi connectivity index (χ4n) is 3.70. The van der Waals surface area contributed by atoms with Crippen LogP contribution in [0.5, 0.6) is 0 Å². The van der Waals surface area contributed by atoms with Gasteiger partial charge in [0.15, 0.2) is 0 Å². The summed E-state index contributed by atoms with van der Waals surface area (Å²) in [5.41, 5.74) is 6.16. The molecule has 0 aliphatic carbocycles. The summed E-state index contributed by atoms with van der Waals surface area (Å²) in [6.45, 7) is 6.75. The molecule has 30 heavy (non-hydrogen) atoms. The highest BCUT2D eigenvalue weighted by atomic mass is 32.2. The molecule has 1 amide bonds. The predicted molar refractivity (Wildman–Crippen MR) is 122 cm³/mol. The fraction of sp³-hybridized carbons (Fsp3) is 0.364. The van der Waals surface area contributed by atoms with Crippen molar-refractivity contribution in [2.45, 2.75) is 43.5 Å². The number of amides is 1. The molecule has 1 N–H and O–H groups in total. The number of benzene rings is 2. The van der Waals surface area contributed by atoms with Gasteiger partial charge in [0.05, 0.1) is 16.9 Å². The molecule has 2 aromatic carbocycles. The maximum Gasteiger partial charge on any atom is 0.269 e. The summed E-state index contributed by atoms with van der Waals surface area (Å²) in [5.74, 6) is 0.394. The van der Waals surface area contributed by atoms with E-state index in [0.717, 1.165) is 16.9 Å². The first-order chi connectivity index (χ1) is 14.2. The average molecular weight is 427 g/mol. The summed E-state index contributed by atoms with van der Waals surface area (Å²) in [5, 5.41) is 14.7. The summed E-state index contributed by atoms with van der Waals surface area (Å²) < 4.78 is 0. The summed E-state index contributed by atoms with van der Waals surface area (Å²) >= 11 is 1.30. The van der Waals surface area contributed by atoms with Gasteiger partial charge in [-0.3, -0.25) is 14.9 Å². The number of hydrazone groups is 1. The van der Waals surface area contributed by atoms with Crippen LogP contribution in [0.2, 0.25) is 0 Å². The molecular weight excluding hydrogens is 400 g/mol. The summed E-state index contributed by atoms with van der Waals surface area (Å²) in [4.78, 5) is 25.4. The van der Waals surface area contributed by atoms with E-state index in [1.807, 2.05) is 6.07 Å². The number of rotatable bonds is 6. The molecule has 0 saturated heterocycles. The highest BCUT2D eigenvalue weighted by Gasteiger charge is 2.33. The number of carbonyl (C=O) groups is 1. The van der Waals surface area contributed by atoms with Crippen LogP contribution in [0.3, 0.4) is 0 Å². The molecule has 0 fully saturated rings. The van der Waals surface area contributed by atoms with Crippen LogP contribution in [0.25, 0.3) is 0 Å². The third-order valence-corrected chi connectivity index (χ3v) is 6.49. The SMILES string of the molecule is C[C@@H]1CC(C)(C)N(C)c2ccc(/C=N\NC(=O)CSc3ccc([N+](=O)[O-])cc3)cc21. The molecule has 1 aliphatic heterocycles. The summed E-state index contributed by atoms with van der Waals surface area (Å²) in [7, 11) is 2.13. The van der Waals surface area contributed by atoms with Gasteiger partial charge in [0.2, 0.25) is 5.91 Å². The minimum absolute atomic E-state index is 0.0301. The maximum absolute atomic E-state index is 12.0. The van der Waals surface area contributed by atoms with E-state index in [1.54, 1.807) is 18.3 Å². The molecule has 158 valence electrons. The number of fused-ring (bicyclic) bond motifs is 1. The van der Waals surface area contributed by atoms with E-state index in [1.165, 1.54) is 35.1 Å². The second-order valence-corrected chi connectivity index (χ2v) is 9.18. The highest BCUT2D eigenvalue weighted by Crippen LogP contribution is 2.42. The molecule has 7 nitrogen and oxygen atoms in total. The van der Waals surface area contributed by atoms with Crippen LogP contribution >= 0.6 is 11.8 Å². The molecule has 0 radical (unpaired) electrons.